The van der Waals surface area contributed by atoms with Crippen molar-refractivity contribution in [3.05, 3.63) is 70.3 Å². The molecule has 2 aromatic carbocycles. The highest BCUT2D eigenvalue weighted by Gasteiger charge is 2.13. The molecule has 106 valence electrons. The zero-order valence-corrected chi connectivity index (χ0v) is 14.2. The molecule has 0 aliphatic carbocycles. The SMILES string of the molecule is Cc1cc(C)c(CC(CBr)Cc2ccccc2)c(C)c1. The van der Waals surface area contributed by atoms with Crippen molar-refractivity contribution < 1.29 is 0 Å². The third kappa shape index (κ3) is 3.96. The Labute approximate surface area is 131 Å². The van der Waals surface area contributed by atoms with Gasteiger partial charge in [-0.2, -0.15) is 0 Å². The third-order valence-electron chi connectivity index (χ3n) is 3.92. The fraction of sp³-hybridized carbons (Fsp3) is 0.368. The zero-order chi connectivity index (χ0) is 14.5. The minimum atomic E-state index is 0.650. The maximum Gasteiger partial charge on any atom is 0.00660 e. The number of hydrogen-bond donors (Lipinski definition) is 0. The van der Waals surface area contributed by atoms with Gasteiger partial charge in [-0.05, 0) is 61.8 Å². The zero-order valence-electron chi connectivity index (χ0n) is 12.6. The van der Waals surface area contributed by atoms with Gasteiger partial charge in [-0.25, -0.2) is 0 Å². The summed E-state index contributed by atoms with van der Waals surface area (Å²) < 4.78 is 0. The molecule has 0 heterocycles. The fourth-order valence-electron chi connectivity index (χ4n) is 2.95. The normalized spacial score (nSPS) is 12.4. The molecule has 0 spiro atoms. The molecule has 0 saturated heterocycles. The first-order chi connectivity index (χ1) is 9.60. The van der Waals surface area contributed by atoms with Crippen molar-refractivity contribution in [2.75, 3.05) is 5.33 Å². The van der Waals surface area contributed by atoms with Gasteiger partial charge in [0.15, 0.2) is 0 Å². The van der Waals surface area contributed by atoms with Crippen molar-refractivity contribution in [1.29, 1.82) is 0 Å². The van der Waals surface area contributed by atoms with Crippen molar-refractivity contribution in [2.24, 2.45) is 5.92 Å². The molecule has 0 fully saturated rings. The number of benzene rings is 2. The van der Waals surface area contributed by atoms with Crippen molar-refractivity contribution in [3.63, 3.8) is 0 Å². The lowest BCUT2D eigenvalue weighted by molar-refractivity contribution is 0.588. The lowest BCUT2D eigenvalue weighted by Crippen LogP contribution is -2.12. The van der Waals surface area contributed by atoms with E-state index in [0.717, 1.165) is 18.2 Å². The predicted octanol–water partition coefficient (Wildman–Crippen LogP) is 5.41. The van der Waals surface area contributed by atoms with E-state index in [1.54, 1.807) is 0 Å². The first-order valence-corrected chi connectivity index (χ1v) is 8.39. The highest BCUT2D eigenvalue weighted by molar-refractivity contribution is 9.09. The molecule has 0 amide bonds. The molecule has 0 aliphatic rings. The molecule has 0 radical (unpaired) electrons. The summed E-state index contributed by atoms with van der Waals surface area (Å²) in [4.78, 5) is 0. The van der Waals surface area contributed by atoms with E-state index in [1.807, 2.05) is 0 Å². The van der Waals surface area contributed by atoms with Crippen molar-refractivity contribution in [1.82, 2.24) is 0 Å². The Morgan fingerprint density at radius 2 is 1.50 bits per heavy atom. The van der Waals surface area contributed by atoms with Gasteiger partial charge in [0.1, 0.15) is 0 Å². The van der Waals surface area contributed by atoms with Crippen LogP contribution in [-0.2, 0) is 12.8 Å². The number of alkyl halides is 1. The molecule has 1 heteroatoms. The monoisotopic (exact) mass is 330 g/mol. The van der Waals surface area contributed by atoms with E-state index >= 15 is 0 Å². The Kier molecular flexibility index (Phi) is 5.42. The van der Waals surface area contributed by atoms with Crippen LogP contribution in [0.2, 0.25) is 0 Å². The largest absolute Gasteiger partial charge is 0.0925 e. The summed E-state index contributed by atoms with van der Waals surface area (Å²) in [5.74, 6) is 0.650. The van der Waals surface area contributed by atoms with E-state index < -0.39 is 0 Å². The molecule has 0 saturated carbocycles. The Balaban J connectivity index is 2.15. The van der Waals surface area contributed by atoms with E-state index in [-0.39, 0.29) is 0 Å². The summed E-state index contributed by atoms with van der Waals surface area (Å²) >= 11 is 3.69. The molecule has 1 unspecified atom stereocenters. The molecule has 0 N–H and O–H groups in total. The lowest BCUT2D eigenvalue weighted by atomic mass is 9.89. The van der Waals surface area contributed by atoms with Crippen LogP contribution in [0.1, 0.15) is 27.8 Å². The van der Waals surface area contributed by atoms with Gasteiger partial charge in [0.2, 0.25) is 0 Å². The number of aryl methyl sites for hydroxylation is 3. The summed E-state index contributed by atoms with van der Waals surface area (Å²) in [6.45, 7) is 6.65. The van der Waals surface area contributed by atoms with Gasteiger partial charge in [0.05, 0.1) is 0 Å². The van der Waals surface area contributed by atoms with Crippen molar-refractivity contribution >= 4 is 15.9 Å². The Hall–Kier alpha value is -1.08. The van der Waals surface area contributed by atoms with Crippen LogP contribution in [0, 0.1) is 26.7 Å². The highest BCUT2D eigenvalue weighted by atomic mass is 79.9. The van der Waals surface area contributed by atoms with E-state index in [2.05, 4.69) is 79.2 Å². The second kappa shape index (κ2) is 7.08. The molecular weight excluding hydrogens is 308 g/mol. The molecule has 0 bridgehead atoms. The van der Waals surface area contributed by atoms with E-state index in [0.29, 0.717) is 5.92 Å². The summed E-state index contributed by atoms with van der Waals surface area (Å²) in [5.41, 5.74) is 7.18. The van der Waals surface area contributed by atoms with Crippen LogP contribution in [0.5, 0.6) is 0 Å². The Morgan fingerprint density at radius 1 is 0.900 bits per heavy atom. The second-order valence-corrected chi connectivity index (χ2v) is 6.44. The van der Waals surface area contributed by atoms with Crippen molar-refractivity contribution in [3.8, 4) is 0 Å². The fourth-order valence-corrected chi connectivity index (χ4v) is 3.41. The maximum atomic E-state index is 3.69. The Morgan fingerprint density at radius 3 is 2.05 bits per heavy atom. The standard InChI is InChI=1S/C19H23Br/c1-14-9-15(2)19(16(3)10-14)12-18(13-20)11-17-7-5-4-6-8-17/h4-10,18H,11-13H2,1-3H3. The molecule has 2 aromatic rings. The van der Waals surface area contributed by atoms with Crippen LogP contribution in [0.25, 0.3) is 0 Å². The average Bonchev–Trinajstić information content (AvgIpc) is 2.42. The summed E-state index contributed by atoms with van der Waals surface area (Å²) in [7, 11) is 0. The molecule has 1 atom stereocenters. The van der Waals surface area contributed by atoms with Gasteiger partial charge in [0.25, 0.3) is 0 Å². The molecule has 2 rings (SSSR count). The molecule has 0 aliphatic heterocycles. The van der Waals surface area contributed by atoms with Crippen LogP contribution in [0.3, 0.4) is 0 Å². The first-order valence-electron chi connectivity index (χ1n) is 7.26. The van der Waals surface area contributed by atoms with Crippen molar-refractivity contribution in [2.45, 2.75) is 33.6 Å². The van der Waals surface area contributed by atoms with Crippen LogP contribution in [-0.4, -0.2) is 5.33 Å². The van der Waals surface area contributed by atoms with Gasteiger partial charge in [-0.1, -0.05) is 64.0 Å². The minimum Gasteiger partial charge on any atom is -0.0925 e. The highest BCUT2D eigenvalue weighted by Crippen LogP contribution is 2.23. The van der Waals surface area contributed by atoms with E-state index in [9.17, 15) is 0 Å². The Bertz CT molecular complexity index is 534. The van der Waals surface area contributed by atoms with Crippen LogP contribution in [0.15, 0.2) is 42.5 Å². The second-order valence-electron chi connectivity index (χ2n) is 5.79. The quantitative estimate of drug-likeness (QED) is 0.643. The predicted molar refractivity (Wildman–Crippen MR) is 91.8 cm³/mol. The van der Waals surface area contributed by atoms with Gasteiger partial charge in [-0.3, -0.25) is 0 Å². The lowest BCUT2D eigenvalue weighted by Gasteiger charge is -2.18. The number of rotatable bonds is 5. The summed E-state index contributed by atoms with van der Waals surface area (Å²) in [6, 6.07) is 15.4. The van der Waals surface area contributed by atoms with E-state index in [1.165, 1.54) is 27.8 Å². The van der Waals surface area contributed by atoms with Crippen LogP contribution >= 0.6 is 15.9 Å². The van der Waals surface area contributed by atoms with E-state index in [4.69, 9.17) is 0 Å². The molecule has 20 heavy (non-hydrogen) atoms. The number of hydrogen-bond acceptors (Lipinski definition) is 0. The van der Waals surface area contributed by atoms with Gasteiger partial charge >= 0.3 is 0 Å². The molecule has 0 nitrogen and oxygen atoms in total. The third-order valence-corrected chi connectivity index (χ3v) is 4.83. The summed E-state index contributed by atoms with van der Waals surface area (Å²) in [6.07, 6.45) is 2.29. The molecular formula is C19H23Br. The smallest absolute Gasteiger partial charge is 0.00660 e. The maximum absolute atomic E-state index is 3.69. The van der Waals surface area contributed by atoms with Gasteiger partial charge in [0, 0.05) is 5.33 Å². The number of halogens is 1. The summed E-state index contributed by atoms with van der Waals surface area (Å²) in [5, 5.41) is 1.05. The first kappa shape index (κ1) is 15.3. The topological polar surface area (TPSA) is 0 Å². The molecule has 0 aromatic heterocycles. The van der Waals surface area contributed by atoms with Crippen LogP contribution < -0.4 is 0 Å². The minimum absolute atomic E-state index is 0.650. The van der Waals surface area contributed by atoms with Gasteiger partial charge in [-0.15, -0.1) is 0 Å². The van der Waals surface area contributed by atoms with Gasteiger partial charge < -0.3 is 0 Å². The average molecular weight is 331 g/mol. The van der Waals surface area contributed by atoms with Crippen LogP contribution in [0.4, 0.5) is 0 Å².